The van der Waals surface area contributed by atoms with Crippen LogP contribution in [0.25, 0.3) is 0 Å². The number of likely N-dealkylation sites (tertiary alicyclic amines) is 3. The van der Waals surface area contributed by atoms with E-state index < -0.39 is 0 Å². The van der Waals surface area contributed by atoms with Crippen molar-refractivity contribution < 1.29 is 86.2 Å². The zero-order valence-corrected chi connectivity index (χ0v) is 74.0. The number of Topliss-reactive ketones (excluding diaryl/α,β-unsaturated/α-hetero) is 9. The first-order valence-electron chi connectivity index (χ1n) is 40.0. The molecule has 8 amide bonds. The molecule has 4 unspecified atom stereocenters. The van der Waals surface area contributed by atoms with Crippen molar-refractivity contribution >= 4 is 129 Å². The number of carbonyl (C=O) groups is 17. The topological polar surface area (TPSA) is 333 Å². The molecule has 3 heterocycles. The molecule has 0 spiro atoms. The second-order valence-electron chi connectivity index (χ2n) is 32.5. The van der Waals surface area contributed by atoms with Crippen molar-refractivity contribution in [2.24, 2.45) is 65.1 Å². The molecule has 0 bridgehead atoms. The van der Waals surface area contributed by atoms with Gasteiger partial charge in [-0.3, -0.25) is 81.8 Å². The van der Waals surface area contributed by atoms with E-state index in [2.05, 4.69) is 45.3 Å². The lowest BCUT2D eigenvalue weighted by atomic mass is 9.80. The van der Waals surface area contributed by atoms with Crippen molar-refractivity contribution in [1.29, 1.82) is 0 Å². The Balaban J connectivity index is -0.00000123. The molecule has 0 aromatic heterocycles. The molecule has 4 atom stereocenters. The van der Waals surface area contributed by atoms with Gasteiger partial charge < -0.3 is 29.8 Å². The van der Waals surface area contributed by atoms with Crippen molar-refractivity contribution in [2.75, 3.05) is 50.5 Å². The molecule has 4 aliphatic rings. The Hall–Kier alpha value is -6.73. The van der Waals surface area contributed by atoms with Crippen LogP contribution < -0.4 is 10.6 Å². The fourth-order valence-corrected chi connectivity index (χ4v) is 13.5. The van der Waals surface area contributed by atoms with E-state index in [9.17, 15) is 81.5 Å². The van der Waals surface area contributed by atoms with E-state index in [1.54, 1.807) is 52.0 Å². The fraction of sp³-hybridized carbons (Fsp3) is 0.733. The summed E-state index contributed by atoms with van der Waals surface area (Å²) < 4.78 is 5.24. The van der Waals surface area contributed by atoms with Crippen molar-refractivity contribution in [1.82, 2.24) is 20.0 Å². The number of carbonyl (C=O) groups excluding carboxylic acids is 17. The lowest BCUT2D eigenvalue weighted by Crippen LogP contribution is -2.37. The van der Waals surface area contributed by atoms with E-state index in [1.807, 2.05) is 107 Å². The van der Waals surface area contributed by atoms with E-state index in [-0.39, 0.29) is 168 Å². The average molecular weight is 1600 g/mol. The summed E-state index contributed by atoms with van der Waals surface area (Å²) in [6.45, 7) is 48.3. The van der Waals surface area contributed by atoms with E-state index in [1.165, 1.54) is 32.6 Å². The summed E-state index contributed by atoms with van der Waals surface area (Å²) in [5, 5.41) is 7.32. The number of rotatable bonds is 37. The molecule has 1 aromatic carbocycles. The monoisotopic (exact) mass is 1600 g/mol. The zero-order chi connectivity index (χ0) is 86.1. The lowest BCUT2D eigenvalue weighted by Gasteiger charge is -2.29. The maximum absolute atomic E-state index is 12.3. The highest BCUT2D eigenvalue weighted by Gasteiger charge is 2.43. The first-order chi connectivity index (χ1) is 51.4. The molecule has 3 aliphatic heterocycles. The molecule has 1 aromatic rings. The summed E-state index contributed by atoms with van der Waals surface area (Å²) >= 11 is 3.87. The molecular formula is C86H143N5O18S2. The smallest absolute Gasteiger partial charge is 0.233 e. The highest BCUT2D eigenvalue weighted by Crippen LogP contribution is 2.34. The van der Waals surface area contributed by atoms with Crippen LogP contribution in [0.1, 0.15) is 293 Å². The van der Waals surface area contributed by atoms with E-state index >= 15 is 0 Å². The van der Waals surface area contributed by atoms with Gasteiger partial charge in [0, 0.05) is 118 Å². The maximum atomic E-state index is 12.3. The minimum atomic E-state index is -0.296. The number of nitrogens with zero attached hydrogens (tertiary/aromatic N) is 3. The highest BCUT2D eigenvalue weighted by molar-refractivity contribution is 8.00. The number of hydrogen-bond donors (Lipinski definition) is 2. The van der Waals surface area contributed by atoms with Gasteiger partial charge in [-0.15, -0.1) is 0 Å². The predicted molar refractivity (Wildman–Crippen MR) is 444 cm³/mol. The van der Waals surface area contributed by atoms with Crippen LogP contribution in [0.3, 0.4) is 0 Å². The summed E-state index contributed by atoms with van der Waals surface area (Å²) in [5.74, 6) is 2.77. The summed E-state index contributed by atoms with van der Waals surface area (Å²) in [6.07, 6.45) is 11.0. The van der Waals surface area contributed by atoms with Crippen molar-refractivity contribution in [3.8, 4) is 0 Å². The van der Waals surface area contributed by atoms with E-state index in [0.29, 0.717) is 108 Å². The fourth-order valence-electron chi connectivity index (χ4n) is 11.6. The molecule has 632 valence electrons. The first-order valence-corrected chi connectivity index (χ1v) is 42.0. The molecule has 23 nitrogen and oxygen atoms in total. The summed E-state index contributed by atoms with van der Waals surface area (Å²) in [6, 6.07) is 6.92. The summed E-state index contributed by atoms with van der Waals surface area (Å²) in [4.78, 5) is 195. The van der Waals surface area contributed by atoms with Crippen LogP contribution in [-0.4, -0.2) is 175 Å². The Morgan fingerprint density at radius 3 is 1.27 bits per heavy atom. The van der Waals surface area contributed by atoms with Crippen LogP contribution in [0.15, 0.2) is 24.3 Å². The predicted octanol–water partition coefficient (Wildman–Crippen LogP) is 15.0. The number of hydrogen-bond acceptors (Lipinski definition) is 20. The number of ether oxygens (including phenoxy) is 1. The third-order valence-corrected chi connectivity index (χ3v) is 20.1. The number of imide groups is 3. The van der Waals surface area contributed by atoms with Gasteiger partial charge in [0.15, 0.2) is 11.6 Å². The van der Waals surface area contributed by atoms with Crippen LogP contribution >= 0.6 is 23.5 Å². The van der Waals surface area contributed by atoms with Crippen LogP contribution in [-0.2, 0) is 81.4 Å². The van der Waals surface area contributed by atoms with E-state index in [0.717, 1.165) is 79.0 Å². The van der Waals surface area contributed by atoms with Crippen molar-refractivity contribution in [2.45, 2.75) is 298 Å². The summed E-state index contributed by atoms with van der Waals surface area (Å²) in [5.41, 5.74) is 1.39. The molecule has 3 saturated heterocycles. The second kappa shape index (κ2) is 59.9. The Morgan fingerprint density at radius 1 is 0.459 bits per heavy atom. The Morgan fingerprint density at radius 2 is 0.901 bits per heavy atom. The lowest BCUT2D eigenvalue weighted by molar-refractivity contribution is -0.143. The van der Waals surface area contributed by atoms with Gasteiger partial charge >= 0.3 is 0 Å². The minimum Gasteiger partial charge on any atom is -0.381 e. The number of thioether (sulfide) groups is 2. The third-order valence-electron chi connectivity index (χ3n) is 17.7. The molecule has 25 heteroatoms. The molecule has 5 rings (SSSR count). The molecule has 2 N–H and O–H groups in total. The largest absolute Gasteiger partial charge is 0.381 e. The molecule has 0 radical (unpaired) electrons. The number of anilines is 1. The normalized spacial score (nSPS) is 17.4. The molecule has 4 fully saturated rings. The number of nitrogens with one attached hydrogen (secondary N) is 2. The van der Waals surface area contributed by atoms with Crippen LogP contribution in [0.5, 0.6) is 0 Å². The Kier molecular flexibility index (Phi) is 58.5. The average Bonchev–Trinajstić information content (AvgIpc) is 1.69. The zero-order valence-electron chi connectivity index (χ0n) is 72.4. The second-order valence-corrected chi connectivity index (χ2v) is 36.2. The standard InChI is InChI=1S/C16H25NO5.C16H25NO3.C13H17NO2.C10H15NO3.C9H18OS.C8H15NO2.C8H16OS.C6H12O/c1-11(2)14-9-15(20)17(16(14)21)10-13(19)5-4-7-22-8-6-12(3)18;1-10(2)14-8-15(19)17(16(14)20)9-12-4-6-13(7-5-12)11(3)18;1-9(2)8-13(16)14-12-6-4-11(5-7-12)10(3)15;1-6(2)8-4-9(13)11(10(8)14)5-7(3)12;1-7(2)11-9(4)6-5-8(3)10;1-6(2)4-8(11)9-5-7(3)10;1-7(2)10-6-4-5-8(3)9;1-5(2)4-6(3)7/h11,14H,4-10H2,1-3H3;10,12-14H,4-9H2,1-3H3;4-7,9H,8H2,1-3H3,(H,14,16);6,8H,4-5H2,1-3H3;7,9H,5-6H2,1-4H3;6H,4-5H2,1-3H3,(H,9,11);7H,4-6H2,1-3H3;5H,4H2,1-3H3. The van der Waals surface area contributed by atoms with Gasteiger partial charge in [0.2, 0.25) is 47.3 Å². The highest BCUT2D eigenvalue weighted by atomic mass is 32.2. The van der Waals surface area contributed by atoms with Gasteiger partial charge in [-0.2, -0.15) is 23.5 Å². The van der Waals surface area contributed by atoms with Gasteiger partial charge in [0.1, 0.15) is 40.5 Å². The van der Waals surface area contributed by atoms with E-state index in [4.69, 9.17) is 4.74 Å². The van der Waals surface area contributed by atoms with Gasteiger partial charge in [0.25, 0.3) is 0 Å². The van der Waals surface area contributed by atoms with Gasteiger partial charge in [-0.05, 0) is 182 Å². The quantitative estimate of drug-likeness (QED) is 0.0355. The molecule has 1 saturated carbocycles. The molecular weight excluding hydrogens is 1460 g/mol. The minimum absolute atomic E-state index is 0.00516. The number of benzene rings is 1. The molecule has 1 aliphatic carbocycles. The van der Waals surface area contributed by atoms with Crippen LogP contribution in [0.4, 0.5) is 5.69 Å². The maximum Gasteiger partial charge on any atom is 0.233 e. The number of ketones is 9. The first kappa shape index (κ1) is 108. The molecule has 111 heavy (non-hydrogen) atoms. The number of amides is 8. The summed E-state index contributed by atoms with van der Waals surface area (Å²) in [7, 11) is 0. The van der Waals surface area contributed by atoms with Crippen LogP contribution in [0, 0.1) is 65.1 Å². The van der Waals surface area contributed by atoms with Crippen molar-refractivity contribution in [3.05, 3.63) is 29.8 Å². The Labute approximate surface area is 674 Å². The van der Waals surface area contributed by atoms with Gasteiger partial charge in [-0.1, -0.05) is 118 Å². The van der Waals surface area contributed by atoms with Gasteiger partial charge in [-0.25, -0.2) is 0 Å². The Bertz CT molecular complexity index is 3110. The van der Waals surface area contributed by atoms with Crippen LogP contribution in [0.2, 0.25) is 0 Å². The van der Waals surface area contributed by atoms with Gasteiger partial charge in [0.05, 0.1) is 26.2 Å². The SMILES string of the molecule is CC(=O)C1CCC(CN2C(=O)CC(C(C)C)C2=O)CC1.CC(=O)CC(C)C.CC(=O)CCC(C)SC(C)C.CC(=O)CCCSC(C)C.CC(=O)CCOCCCC(=O)CN1C(=O)CC(C(C)C)C1=O.CC(=O)CN1C(=O)CC(C(C)C)C1=O.CC(=O)CNC(=O)CC(C)C.CC(=O)c1ccc(NC(=O)CC(C)C)cc1. The van der Waals surface area contributed by atoms with Crippen molar-refractivity contribution in [3.63, 3.8) is 0 Å². The third kappa shape index (κ3) is 54.6.